The van der Waals surface area contributed by atoms with Crippen molar-refractivity contribution in [2.75, 3.05) is 31.1 Å². The van der Waals surface area contributed by atoms with Gasteiger partial charge in [0.05, 0.1) is 22.7 Å². The van der Waals surface area contributed by atoms with Gasteiger partial charge in [-0.3, -0.25) is 15.2 Å². The highest BCUT2D eigenvalue weighted by Gasteiger charge is 2.55. The van der Waals surface area contributed by atoms with Gasteiger partial charge in [-0.05, 0) is 75.8 Å². The Bertz CT molecular complexity index is 994. The van der Waals surface area contributed by atoms with Crippen LogP contribution in [0.2, 0.25) is 0 Å². The zero-order chi connectivity index (χ0) is 25.0. The van der Waals surface area contributed by atoms with Crippen LogP contribution in [0.25, 0.3) is 0 Å². The highest BCUT2D eigenvalue weighted by molar-refractivity contribution is 5.92. The number of aromatic nitrogens is 1. The van der Waals surface area contributed by atoms with E-state index in [0.29, 0.717) is 55.6 Å². The summed E-state index contributed by atoms with van der Waals surface area (Å²) in [4.78, 5) is 13.4. The third-order valence-electron chi connectivity index (χ3n) is 8.69. The molecule has 4 saturated carbocycles. The third-order valence-corrected chi connectivity index (χ3v) is 8.69. The summed E-state index contributed by atoms with van der Waals surface area (Å²) in [6.07, 6.45) is 3.29. The minimum atomic E-state index is -4.40. The Labute approximate surface area is 204 Å². The van der Waals surface area contributed by atoms with Crippen molar-refractivity contribution in [3.05, 3.63) is 23.9 Å². The molecule has 2 heterocycles. The standard InChI is InChI=1S/C25H33F3N6O/c1-23(2,34-7-5-33(6-8-34)20-4-3-19(14-30-20)25(26,27)28)22(31-15-29)32-21-17-9-16-10-18(21)13-24(35,11-16)12-17/h3-4,14,16-18,21,35H,5-13H2,1-2H3,(H,31,32). The topological polar surface area (TPSA) is 87.8 Å². The molecule has 1 saturated heterocycles. The molecule has 0 spiro atoms. The van der Waals surface area contributed by atoms with Gasteiger partial charge in [0.1, 0.15) is 11.7 Å². The first-order valence-electron chi connectivity index (χ1n) is 12.5. The van der Waals surface area contributed by atoms with Crippen LogP contribution in [0, 0.1) is 29.2 Å². The van der Waals surface area contributed by atoms with Gasteiger partial charge < -0.3 is 10.0 Å². The number of alkyl halides is 3. The summed E-state index contributed by atoms with van der Waals surface area (Å²) in [7, 11) is 0. The summed E-state index contributed by atoms with van der Waals surface area (Å²) in [5.41, 5.74) is -1.79. The molecule has 10 heteroatoms. The summed E-state index contributed by atoms with van der Waals surface area (Å²) < 4.78 is 38.6. The molecule has 190 valence electrons. The van der Waals surface area contributed by atoms with E-state index >= 15 is 0 Å². The predicted molar refractivity (Wildman–Crippen MR) is 126 cm³/mol. The summed E-state index contributed by atoms with van der Waals surface area (Å²) in [6, 6.07) is 2.62. The molecule has 1 aliphatic heterocycles. The Kier molecular flexibility index (Phi) is 5.99. The second kappa shape index (κ2) is 8.63. The Morgan fingerprint density at radius 2 is 1.80 bits per heavy atom. The molecule has 2 N–H and O–H groups in total. The molecule has 6 rings (SSSR count). The van der Waals surface area contributed by atoms with Crippen molar-refractivity contribution in [2.24, 2.45) is 22.7 Å². The van der Waals surface area contributed by atoms with E-state index in [-0.39, 0.29) is 6.04 Å². The number of rotatable bonds is 4. The minimum absolute atomic E-state index is 0.125. The zero-order valence-corrected chi connectivity index (χ0v) is 20.2. The molecule has 2 unspecified atom stereocenters. The van der Waals surface area contributed by atoms with Crippen LogP contribution in [0.15, 0.2) is 23.3 Å². The summed E-state index contributed by atoms with van der Waals surface area (Å²) in [6.45, 7) is 6.69. The number of nitrogens with zero attached hydrogens (tertiary/aromatic N) is 5. The van der Waals surface area contributed by atoms with Crippen molar-refractivity contribution < 1.29 is 18.3 Å². The smallest absolute Gasteiger partial charge is 0.390 e. The quantitative estimate of drug-likeness (QED) is 0.291. The maximum Gasteiger partial charge on any atom is 0.417 e. The van der Waals surface area contributed by atoms with Crippen LogP contribution in [-0.4, -0.2) is 64.2 Å². The average molecular weight is 491 g/mol. The van der Waals surface area contributed by atoms with Crippen molar-refractivity contribution in [2.45, 2.75) is 69.3 Å². The number of halogens is 3. The van der Waals surface area contributed by atoms with E-state index in [1.165, 1.54) is 6.07 Å². The first kappa shape index (κ1) is 24.3. The van der Waals surface area contributed by atoms with Gasteiger partial charge in [0.15, 0.2) is 6.19 Å². The molecule has 7 nitrogen and oxygen atoms in total. The summed E-state index contributed by atoms with van der Waals surface area (Å²) in [5.74, 6) is 2.51. The van der Waals surface area contributed by atoms with Crippen LogP contribution >= 0.6 is 0 Å². The molecule has 4 bridgehead atoms. The van der Waals surface area contributed by atoms with Crippen molar-refractivity contribution in [1.29, 1.82) is 5.26 Å². The number of hydrogen-bond acceptors (Lipinski definition) is 6. The molecule has 1 aromatic rings. The predicted octanol–water partition coefficient (Wildman–Crippen LogP) is 3.41. The fourth-order valence-corrected chi connectivity index (χ4v) is 7.10. The average Bonchev–Trinajstić information content (AvgIpc) is 2.79. The maximum atomic E-state index is 12.9. The number of aliphatic hydroxyl groups is 1. The Hall–Kier alpha value is -2.38. The first-order chi connectivity index (χ1) is 16.5. The Balaban J connectivity index is 1.28. The minimum Gasteiger partial charge on any atom is -0.390 e. The highest BCUT2D eigenvalue weighted by atomic mass is 19.4. The van der Waals surface area contributed by atoms with Crippen LogP contribution in [0.3, 0.4) is 0 Å². The molecular weight excluding hydrogens is 457 g/mol. The molecule has 2 atom stereocenters. The maximum absolute atomic E-state index is 12.9. The van der Waals surface area contributed by atoms with E-state index in [9.17, 15) is 23.5 Å². The molecule has 5 fully saturated rings. The van der Waals surface area contributed by atoms with Gasteiger partial charge in [-0.15, -0.1) is 0 Å². The lowest BCUT2D eigenvalue weighted by Crippen LogP contribution is -2.61. The number of piperazine rings is 1. The lowest BCUT2D eigenvalue weighted by atomic mass is 9.52. The van der Waals surface area contributed by atoms with Crippen molar-refractivity contribution >= 4 is 11.7 Å². The Morgan fingerprint density at radius 1 is 1.14 bits per heavy atom. The number of hydrogen-bond donors (Lipinski definition) is 2. The largest absolute Gasteiger partial charge is 0.417 e. The Morgan fingerprint density at radius 3 is 2.31 bits per heavy atom. The molecule has 35 heavy (non-hydrogen) atoms. The van der Waals surface area contributed by atoms with Crippen molar-refractivity contribution in [1.82, 2.24) is 15.2 Å². The van der Waals surface area contributed by atoms with Crippen LogP contribution < -0.4 is 10.2 Å². The SMILES string of the molecule is CC(C)(C(=NC1C2CC3CC1CC(O)(C3)C2)NC#N)N1CCN(c2ccc(C(F)(F)F)cn2)CC1. The van der Waals surface area contributed by atoms with Crippen LogP contribution in [0.5, 0.6) is 0 Å². The molecule has 0 aromatic carbocycles. The van der Waals surface area contributed by atoms with Gasteiger partial charge in [0.25, 0.3) is 0 Å². The van der Waals surface area contributed by atoms with Crippen LogP contribution in [-0.2, 0) is 6.18 Å². The fourth-order valence-electron chi connectivity index (χ4n) is 7.10. The van der Waals surface area contributed by atoms with Gasteiger partial charge in [0, 0.05) is 32.4 Å². The molecule has 0 amide bonds. The van der Waals surface area contributed by atoms with E-state index in [0.717, 1.165) is 44.4 Å². The van der Waals surface area contributed by atoms with Crippen LogP contribution in [0.4, 0.5) is 19.0 Å². The van der Waals surface area contributed by atoms with Gasteiger partial charge in [0.2, 0.25) is 0 Å². The van der Waals surface area contributed by atoms with Crippen molar-refractivity contribution in [3.63, 3.8) is 0 Å². The lowest BCUT2D eigenvalue weighted by molar-refractivity contribution is -0.137. The monoisotopic (exact) mass is 490 g/mol. The van der Waals surface area contributed by atoms with Gasteiger partial charge >= 0.3 is 6.18 Å². The number of nitrogens with one attached hydrogen (secondary N) is 1. The molecule has 4 aliphatic carbocycles. The van der Waals surface area contributed by atoms with Crippen LogP contribution in [0.1, 0.15) is 51.5 Å². The summed E-state index contributed by atoms with van der Waals surface area (Å²) >= 11 is 0. The number of pyridine rings is 1. The van der Waals surface area contributed by atoms with E-state index < -0.39 is 22.9 Å². The van der Waals surface area contributed by atoms with Gasteiger partial charge in [-0.1, -0.05) is 0 Å². The van der Waals surface area contributed by atoms with E-state index in [1.54, 1.807) is 0 Å². The number of aliphatic imine (C=N–C) groups is 1. The molecule has 1 aromatic heterocycles. The number of anilines is 1. The zero-order valence-electron chi connectivity index (χ0n) is 20.2. The highest BCUT2D eigenvalue weighted by Crippen LogP contribution is 2.56. The van der Waals surface area contributed by atoms with Gasteiger partial charge in [-0.25, -0.2) is 4.98 Å². The van der Waals surface area contributed by atoms with Crippen molar-refractivity contribution in [3.8, 4) is 6.19 Å². The van der Waals surface area contributed by atoms with E-state index in [2.05, 4.69) is 35.2 Å². The summed E-state index contributed by atoms with van der Waals surface area (Å²) in [5, 5.41) is 23.3. The fraction of sp³-hybridized carbons (Fsp3) is 0.720. The third kappa shape index (κ3) is 4.60. The van der Waals surface area contributed by atoms with Gasteiger partial charge in [-0.2, -0.15) is 18.4 Å². The van der Waals surface area contributed by atoms with E-state index in [4.69, 9.17) is 4.99 Å². The second-order valence-corrected chi connectivity index (χ2v) is 11.3. The van der Waals surface area contributed by atoms with E-state index in [1.807, 2.05) is 4.90 Å². The second-order valence-electron chi connectivity index (χ2n) is 11.3. The molecule has 5 aliphatic rings. The number of nitriles is 1. The molecular formula is C25H33F3N6O. The first-order valence-corrected chi connectivity index (χ1v) is 12.5. The normalized spacial score (nSPS) is 33.6. The number of amidine groups is 1. The lowest BCUT2D eigenvalue weighted by Gasteiger charge is -2.57. The molecule has 0 radical (unpaired) electrons.